The summed E-state index contributed by atoms with van der Waals surface area (Å²) in [5.41, 5.74) is 8.21. The lowest BCUT2D eigenvalue weighted by atomic mass is 10.1. The fraction of sp³-hybridized carbons (Fsp3) is 0.641. The molecule has 0 aliphatic rings. The minimum atomic E-state index is 0.448. The van der Waals surface area contributed by atoms with Gasteiger partial charge in [-0.1, -0.05) is 172 Å². The highest BCUT2D eigenvalue weighted by Crippen LogP contribution is 2.29. The average molecular weight is 638 g/mol. The van der Waals surface area contributed by atoms with Crippen molar-refractivity contribution in [3.63, 3.8) is 0 Å². The van der Waals surface area contributed by atoms with Gasteiger partial charge >= 0.3 is 0 Å². The highest BCUT2D eigenvalue weighted by atomic mass is 32.2. The lowest BCUT2D eigenvalue weighted by Gasteiger charge is -2.14. The summed E-state index contributed by atoms with van der Waals surface area (Å²) in [4.78, 5) is 0. The molecule has 0 saturated carbocycles. The number of unbranched alkanes of at least 4 members (excludes halogenated alkanes) is 18. The average Bonchev–Trinajstić information content (AvgIpc) is 3.06. The lowest BCUT2D eigenvalue weighted by Crippen LogP contribution is -2.06. The highest BCUT2D eigenvalue weighted by Gasteiger charge is 2.07. The normalized spacial score (nSPS) is 11.8. The van der Waals surface area contributed by atoms with Crippen LogP contribution in [0, 0.1) is 0 Å². The molecular formula is C39H63N3O2S. The van der Waals surface area contributed by atoms with E-state index in [0.717, 1.165) is 42.3 Å². The Morgan fingerprint density at radius 2 is 1.11 bits per heavy atom. The van der Waals surface area contributed by atoms with E-state index in [1.165, 1.54) is 133 Å². The second kappa shape index (κ2) is 27.8. The molecule has 0 aromatic heterocycles. The summed E-state index contributed by atoms with van der Waals surface area (Å²) in [6.07, 6.45) is 28.0. The zero-order valence-electron chi connectivity index (χ0n) is 28.7. The van der Waals surface area contributed by atoms with Crippen LogP contribution in [0.25, 0.3) is 0 Å². The van der Waals surface area contributed by atoms with Crippen LogP contribution in [-0.2, 0) is 5.75 Å². The third-order valence-electron chi connectivity index (χ3n) is 8.07. The van der Waals surface area contributed by atoms with Gasteiger partial charge in [-0.05, 0) is 42.2 Å². The Kier molecular flexibility index (Phi) is 23.9. The summed E-state index contributed by atoms with van der Waals surface area (Å²) in [6.45, 7) is 5.98. The van der Waals surface area contributed by atoms with Gasteiger partial charge in [-0.25, -0.2) is 0 Å². The number of rotatable bonds is 28. The predicted octanol–water partition coefficient (Wildman–Crippen LogP) is 11.9. The van der Waals surface area contributed by atoms with Gasteiger partial charge in [0.15, 0.2) is 16.7 Å². The van der Waals surface area contributed by atoms with Gasteiger partial charge in [0.25, 0.3) is 0 Å². The zero-order valence-corrected chi connectivity index (χ0v) is 29.5. The van der Waals surface area contributed by atoms with Gasteiger partial charge in [0.05, 0.1) is 19.4 Å². The quantitative estimate of drug-likeness (QED) is 0.0436. The van der Waals surface area contributed by atoms with Gasteiger partial charge in [0.2, 0.25) is 0 Å². The van der Waals surface area contributed by atoms with Gasteiger partial charge in [-0.3, -0.25) is 0 Å². The van der Waals surface area contributed by atoms with E-state index in [1.54, 1.807) is 6.21 Å². The van der Waals surface area contributed by atoms with E-state index < -0.39 is 0 Å². The zero-order chi connectivity index (χ0) is 32.0. The van der Waals surface area contributed by atoms with Crippen LogP contribution in [0.15, 0.2) is 58.7 Å². The summed E-state index contributed by atoms with van der Waals surface area (Å²) in [5.74, 6) is 2.38. The van der Waals surface area contributed by atoms with Crippen molar-refractivity contribution in [3.8, 4) is 11.5 Å². The van der Waals surface area contributed by atoms with Crippen molar-refractivity contribution in [1.82, 2.24) is 0 Å². The van der Waals surface area contributed by atoms with Crippen LogP contribution >= 0.6 is 11.8 Å². The molecule has 0 unspecified atom stereocenters. The van der Waals surface area contributed by atoms with Gasteiger partial charge in [-0.15, -0.1) is 5.10 Å². The first kappa shape index (κ1) is 38.7. The predicted molar refractivity (Wildman–Crippen MR) is 198 cm³/mol. The number of hydrogen-bond donors (Lipinski definition) is 1. The van der Waals surface area contributed by atoms with E-state index in [9.17, 15) is 0 Å². The Labute approximate surface area is 280 Å². The highest BCUT2D eigenvalue weighted by molar-refractivity contribution is 8.13. The SMILES string of the molecule is CCCCCCCCCCCCOc1ccc(C=NN=C(N)SCc2ccccc2)cc1OCCCCCCCCCCCC. The maximum atomic E-state index is 6.26. The molecule has 0 bridgehead atoms. The second-order valence-electron chi connectivity index (χ2n) is 12.2. The summed E-state index contributed by atoms with van der Waals surface area (Å²) in [5, 5.41) is 8.87. The molecule has 0 amide bonds. The third kappa shape index (κ3) is 21.0. The van der Waals surface area contributed by atoms with Crippen molar-refractivity contribution >= 4 is 23.1 Å². The Morgan fingerprint density at radius 3 is 1.64 bits per heavy atom. The molecule has 0 spiro atoms. The first-order valence-electron chi connectivity index (χ1n) is 18.2. The van der Waals surface area contributed by atoms with Crippen LogP contribution in [0.1, 0.15) is 153 Å². The second-order valence-corrected chi connectivity index (χ2v) is 13.2. The Morgan fingerprint density at radius 1 is 0.622 bits per heavy atom. The van der Waals surface area contributed by atoms with Crippen LogP contribution in [0.5, 0.6) is 11.5 Å². The molecule has 0 radical (unpaired) electrons. The molecule has 2 aromatic rings. The summed E-state index contributed by atoms with van der Waals surface area (Å²) < 4.78 is 12.5. The maximum Gasteiger partial charge on any atom is 0.180 e. The monoisotopic (exact) mass is 637 g/mol. The molecule has 2 aromatic carbocycles. The summed E-state index contributed by atoms with van der Waals surface area (Å²) in [6, 6.07) is 16.3. The summed E-state index contributed by atoms with van der Waals surface area (Å²) >= 11 is 1.49. The van der Waals surface area contributed by atoms with Crippen molar-refractivity contribution in [3.05, 3.63) is 59.7 Å². The number of nitrogens with zero attached hydrogens (tertiary/aromatic N) is 2. The van der Waals surface area contributed by atoms with Crippen LogP contribution in [0.4, 0.5) is 0 Å². The van der Waals surface area contributed by atoms with E-state index in [-0.39, 0.29) is 0 Å². The minimum Gasteiger partial charge on any atom is -0.490 e. The van der Waals surface area contributed by atoms with Crippen LogP contribution in [-0.4, -0.2) is 24.6 Å². The van der Waals surface area contributed by atoms with E-state index in [4.69, 9.17) is 15.2 Å². The number of thioether (sulfide) groups is 1. The largest absolute Gasteiger partial charge is 0.490 e. The molecule has 2 N–H and O–H groups in total. The van der Waals surface area contributed by atoms with Crippen LogP contribution < -0.4 is 15.2 Å². The van der Waals surface area contributed by atoms with Crippen LogP contribution in [0.2, 0.25) is 0 Å². The van der Waals surface area contributed by atoms with Gasteiger partial charge in [0.1, 0.15) is 0 Å². The van der Waals surface area contributed by atoms with Crippen molar-refractivity contribution < 1.29 is 9.47 Å². The summed E-state index contributed by atoms with van der Waals surface area (Å²) in [7, 11) is 0. The van der Waals surface area contributed by atoms with E-state index in [1.807, 2.05) is 36.4 Å². The van der Waals surface area contributed by atoms with E-state index in [2.05, 4.69) is 36.2 Å². The molecule has 0 saturated heterocycles. The molecule has 252 valence electrons. The fourth-order valence-corrected chi connectivity index (χ4v) is 5.90. The number of benzene rings is 2. The molecule has 2 rings (SSSR count). The number of amidine groups is 1. The number of nitrogens with two attached hydrogens (primary N) is 1. The van der Waals surface area contributed by atoms with Gasteiger partial charge < -0.3 is 15.2 Å². The van der Waals surface area contributed by atoms with E-state index in [0.29, 0.717) is 11.8 Å². The van der Waals surface area contributed by atoms with Crippen molar-refractivity contribution in [2.24, 2.45) is 15.9 Å². The molecule has 0 atom stereocenters. The molecule has 0 aliphatic heterocycles. The molecule has 0 aliphatic carbocycles. The Hall–Kier alpha value is -2.47. The Bertz CT molecular complexity index is 1030. The van der Waals surface area contributed by atoms with Crippen molar-refractivity contribution in [2.75, 3.05) is 13.2 Å². The first-order chi connectivity index (χ1) is 22.2. The van der Waals surface area contributed by atoms with Gasteiger partial charge in [-0.2, -0.15) is 5.10 Å². The maximum absolute atomic E-state index is 6.26. The Balaban J connectivity index is 1.79. The molecule has 0 fully saturated rings. The fourth-order valence-electron chi connectivity index (χ4n) is 5.29. The van der Waals surface area contributed by atoms with Crippen molar-refractivity contribution in [2.45, 2.75) is 148 Å². The smallest absolute Gasteiger partial charge is 0.180 e. The molecular weight excluding hydrogens is 575 g/mol. The van der Waals surface area contributed by atoms with E-state index >= 15 is 0 Å². The molecule has 0 heterocycles. The third-order valence-corrected chi connectivity index (χ3v) is 8.93. The standard InChI is InChI=1S/C39H63N3O2S/c1-3-5-7-9-11-13-15-17-19-24-30-43-37-29-28-36(33-41-42-39(40)45-34-35-26-22-21-23-27-35)32-38(37)44-31-25-20-18-16-14-12-10-8-6-4-2/h21-23,26-29,32-33H,3-20,24-25,30-31,34H2,1-2H3,(H2,40,42). The number of ether oxygens (including phenoxy) is 2. The lowest BCUT2D eigenvalue weighted by molar-refractivity contribution is 0.258. The molecule has 6 heteroatoms. The van der Waals surface area contributed by atoms with Crippen molar-refractivity contribution in [1.29, 1.82) is 0 Å². The molecule has 5 nitrogen and oxygen atoms in total. The molecule has 45 heavy (non-hydrogen) atoms. The van der Waals surface area contributed by atoms with Crippen LogP contribution in [0.3, 0.4) is 0 Å². The first-order valence-corrected chi connectivity index (χ1v) is 19.1. The van der Waals surface area contributed by atoms with Gasteiger partial charge in [0, 0.05) is 5.75 Å². The topological polar surface area (TPSA) is 69.2 Å². The minimum absolute atomic E-state index is 0.448. The number of hydrogen-bond acceptors (Lipinski definition) is 5.